The molecule has 0 aromatic heterocycles. The van der Waals surface area contributed by atoms with Gasteiger partial charge in [0.05, 0.1) is 5.71 Å². The summed E-state index contributed by atoms with van der Waals surface area (Å²) in [4.78, 5) is 7.75. The molecule has 1 unspecified atom stereocenters. The molecular formula is C10H8ClFN2. The average molecular weight is 211 g/mol. The van der Waals surface area contributed by atoms with Gasteiger partial charge in [0.2, 0.25) is 0 Å². The molecule has 0 N–H and O–H groups in total. The lowest BCUT2D eigenvalue weighted by atomic mass is 10.1. The first-order valence-corrected chi connectivity index (χ1v) is 4.59. The van der Waals surface area contributed by atoms with Crippen LogP contribution in [0.3, 0.4) is 0 Å². The van der Waals surface area contributed by atoms with Gasteiger partial charge in [0.1, 0.15) is 6.67 Å². The molecule has 72 valence electrons. The van der Waals surface area contributed by atoms with Crippen LogP contribution in [0.2, 0.25) is 5.02 Å². The van der Waals surface area contributed by atoms with Gasteiger partial charge in [0.15, 0.2) is 6.17 Å². The summed E-state index contributed by atoms with van der Waals surface area (Å²) in [6.07, 6.45) is 0.0710. The summed E-state index contributed by atoms with van der Waals surface area (Å²) in [6.45, 7) is 0.304. The molecule has 4 heteroatoms. The fraction of sp³-hybridized carbons (Fsp3) is 0.200. The van der Waals surface area contributed by atoms with Gasteiger partial charge in [-0.15, -0.1) is 0 Å². The molecule has 0 radical (unpaired) electrons. The highest BCUT2D eigenvalue weighted by Crippen LogP contribution is 2.14. The molecule has 1 heterocycles. The van der Waals surface area contributed by atoms with Crippen LogP contribution in [-0.4, -0.2) is 24.8 Å². The van der Waals surface area contributed by atoms with E-state index < -0.39 is 6.17 Å². The van der Waals surface area contributed by atoms with E-state index in [4.69, 9.17) is 11.6 Å². The highest BCUT2D eigenvalue weighted by atomic mass is 35.5. The van der Waals surface area contributed by atoms with Crippen LogP contribution in [0.4, 0.5) is 4.39 Å². The summed E-state index contributed by atoms with van der Waals surface area (Å²) in [5, 5.41) is 0.634. The third kappa shape index (κ3) is 1.82. The van der Waals surface area contributed by atoms with E-state index in [1.165, 1.54) is 6.21 Å². The number of aliphatic imine (C=N–C) groups is 2. The molecule has 0 spiro atoms. The van der Waals surface area contributed by atoms with Gasteiger partial charge in [-0.3, -0.25) is 9.98 Å². The number of rotatable bonds is 1. The molecule has 1 aliphatic rings. The Bertz CT molecular complexity index is 384. The van der Waals surface area contributed by atoms with Crippen LogP contribution in [0.15, 0.2) is 34.3 Å². The van der Waals surface area contributed by atoms with Gasteiger partial charge in [0.25, 0.3) is 0 Å². The maximum Gasteiger partial charge on any atom is 0.177 e. The van der Waals surface area contributed by atoms with Crippen molar-refractivity contribution >= 4 is 23.5 Å². The number of halogens is 2. The van der Waals surface area contributed by atoms with Gasteiger partial charge >= 0.3 is 0 Å². The van der Waals surface area contributed by atoms with Crippen molar-refractivity contribution < 1.29 is 4.39 Å². The Labute approximate surface area is 86.1 Å². The summed E-state index contributed by atoms with van der Waals surface area (Å²) in [5.41, 5.74) is 1.18. The highest BCUT2D eigenvalue weighted by Gasteiger charge is 2.16. The smallest absolute Gasteiger partial charge is 0.177 e. The van der Waals surface area contributed by atoms with Crippen LogP contribution in [0.5, 0.6) is 0 Å². The zero-order valence-electron chi connectivity index (χ0n) is 7.32. The number of hydrogen-bond donors (Lipinski definition) is 0. The molecule has 0 aliphatic carbocycles. The second-order valence-electron chi connectivity index (χ2n) is 2.93. The SMILES string of the molecule is FC1C=NCN=C1c1ccc(Cl)cc1. The van der Waals surface area contributed by atoms with Crippen molar-refractivity contribution in [1.29, 1.82) is 0 Å². The van der Waals surface area contributed by atoms with E-state index in [0.29, 0.717) is 17.4 Å². The second kappa shape index (κ2) is 3.88. The van der Waals surface area contributed by atoms with Crippen molar-refractivity contribution in [3.05, 3.63) is 34.9 Å². The topological polar surface area (TPSA) is 24.7 Å². The number of hydrogen-bond acceptors (Lipinski definition) is 2. The van der Waals surface area contributed by atoms with Gasteiger partial charge in [-0.25, -0.2) is 4.39 Å². The van der Waals surface area contributed by atoms with Gasteiger partial charge in [-0.05, 0) is 17.7 Å². The molecule has 1 aliphatic heterocycles. The minimum absolute atomic E-state index is 0.304. The summed E-state index contributed by atoms with van der Waals surface area (Å²) in [5.74, 6) is 0. The van der Waals surface area contributed by atoms with Gasteiger partial charge in [-0.1, -0.05) is 23.7 Å². The lowest BCUT2D eigenvalue weighted by molar-refractivity contribution is 0.516. The Morgan fingerprint density at radius 1 is 1.29 bits per heavy atom. The molecule has 0 bridgehead atoms. The molecule has 0 saturated carbocycles. The van der Waals surface area contributed by atoms with Crippen molar-refractivity contribution in [1.82, 2.24) is 0 Å². The maximum atomic E-state index is 13.3. The Kier molecular flexibility index (Phi) is 2.59. The van der Waals surface area contributed by atoms with E-state index in [1.54, 1.807) is 24.3 Å². The third-order valence-corrected chi connectivity index (χ3v) is 2.21. The zero-order valence-corrected chi connectivity index (χ0v) is 8.08. The Morgan fingerprint density at radius 2 is 2.00 bits per heavy atom. The Balaban J connectivity index is 2.31. The summed E-state index contributed by atoms with van der Waals surface area (Å²) < 4.78 is 13.3. The predicted molar refractivity (Wildman–Crippen MR) is 56.2 cm³/mol. The molecular weight excluding hydrogens is 203 g/mol. The number of alkyl halides is 1. The third-order valence-electron chi connectivity index (χ3n) is 1.96. The van der Waals surface area contributed by atoms with E-state index in [9.17, 15) is 4.39 Å². The molecule has 1 aromatic rings. The van der Waals surface area contributed by atoms with Crippen molar-refractivity contribution in [3.8, 4) is 0 Å². The summed E-state index contributed by atoms with van der Waals surface area (Å²) in [7, 11) is 0. The molecule has 2 rings (SSSR count). The van der Waals surface area contributed by atoms with Crippen molar-refractivity contribution in [3.63, 3.8) is 0 Å². The second-order valence-corrected chi connectivity index (χ2v) is 3.36. The van der Waals surface area contributed by atoms with Crippen LogP contribution in [0.1, 0.15) is 5.56 Å². The first-order chi connectivity index (χ1) is 6.77. The number of nitrogens with zero attached hydrogens (tertiary/aromatic N) is 2. The first kappa shape index (κ1) is 9.34. The minimum Gasteiger partial charge on any atom is -0.271 e. The molecule has 0 fully saturated rings. The summed E-state index contributed by atoms with van der Waals surface area (Å²) in [6, 6.07) is 6.95. The quantitative estimate of drug-likeness (QED) is 0.681. The van der Waals surface area contributed by atoms with Crippen LogP contribution < -0.4 is 0 Å². The van der Waals surface area contributed by atoms with E-state index in [0.717, 1.165) is 5.56 Å². The maximum absolute atomic E-state index is 13.3. The van der Waals surface area contributed by atoms with E-state index in [-0.39, 0.29) is 0 Å². The number of benzene rings is 1. The molecule has 1 aromatic carbocycles. The van der Waals surface area contributed by atoms with Crippen LogP contribution in [-0.2, 0) is 0 Å². The standard InChI is InChI=1S/C10H8ClFN2/c11-8-3-1-7(2-4-8)10-9(12)5-13-6-14-10/h1-5,9H,6H2. The Hall–Kier alpha value is -1.22. The highest BCUT2D eigenvalue weighted by molar-refractivity contribution is 6.30. The summed E-state index contributed by atoms with van der Waals surface area (Å²) >= 11 is 5.73. The van der Waals surface area contributed by atoms with Crippen LogP contribution in [0.25, 0.3) is 0 Å². The largest absolute Gasteiger partial charge is 0.271 e. The molecule has 0 saturated heterocycles. The van der Waals surface area contributed by atoms with Crippen molar-refractivity contribution in [2.45, 2.75) is 6.17 Å². The first-order valence-electron chi connectivity index (χ1n) is 4.21. The zero-order chi connectivity index (χ0) is 9.97. The fourth-order valence-electron chi connectivity index (χ4n) is 1.29. The van der Waals surface area contributed by atoms with E-state index >= 15 is 0 Å². The lowest BCUT2D eigenvalue weighted by Gasteiger charge is -2.11. The van der Waals surface area contributed by atoms with Crippen LogP contribution >= 0.6 is 11.6 Å². The van der Waals surface area contributed by atoms with Gasteiger partial charge in [-0.2, -0.15) is 0 Å². The molecule has 2 nitrogen and oxygen atoms in total. The van der Waals surface area contributed by atoms with Gasteiger partial charge in [0, 0.05) is 11.2 Å². The normalized spacial score (nSPS) is 20.7. The molecule has 1 atom stereocenters. The predicted octanol–water partition coefficient (Wildman–Crippen LogP) is 2.51. The van der Waals surface area contributed by atoms with Crippen LogP contribution in [0, 0.1) is 0 Å². The van der Waals surface area contributed by atoms with E-state index in [2.05, 4.69) is 9.98 Å². The Morgan fingerprint density at radius 3 is 2.64 bits per heavy atom. The molecule has 0 amide bonds. The minimum atomic E-state index is -1.20. The fourth-order valence-corrected chi connectivity index (χ4v) is 1.41. The molecule has 14 heavy (non-hydrogen) atoms. The van der Waals surface area contributed by atoms with Crippen molar-refractivity contribution in [2.75, 3.05) is 6.67 Å². The van der Waals surface area contributed by atoms with E-state index in [1.807, 2.05) is 0 Å². The average Bonchev–Trinajstić information content (AvgIpc) is 2.20. The monoisotopic (exact) mass is 210 g/mol. The van der Waals surface area contributed by atoms with Gasteiger partial charge < -0.3 is 0 Å². The lowest BCUT2D eigenvalue weighted by Crippen LogP contribution is -2.22. The van der Waals surface area contributed by atoms with Crippen molar-refractivity contribution in [2.24, 2.45) is 9.98 Å².